The maximum Gasteiger partial charge on any atom is 0.0695 e. The maximum absolute atomic E-state index is 10.2. The Balaban J connectivity index is 1.98. The van der Waals surface area contributed by atoms with Gasteiger partial charge in [-0.1, -0.05) is 19.3 Å². The number of rotatable bonds is 1. The van der Waals surface area contributed by atoms with Crippen molar-refractivity contribution in [3.05, 3.63) is 0 Å². The highest BCUT2D eigenvalue weighted by Crippen LogP contribution is 2.27. The topological polar surface area (TPSA) is 49.5 Å². The van der Waals surface area contributed by atoms with Gasteiger partial charge in [0.1, 0.15) is 0 Å². The predicted molar refractivity (Wildman–Crippen MR) is 66.3 cm³/mol. The Hall–Kier alpha value is -0.120. The summed E-state index contributed by atoms with van der Waals surface area (Å²) in [5.74, 6) is 0. The van der Waals surface area contributed by atoms with Gasteiger partial charge in [0.15, 0.2) is 0 Å². The predicted octanol–water partition coefficient (Wildman–Crippen LogP) is 1.49. The van der Waals surface area contributed by atoms with Crippen LogP contribution < -0.4 is 5.73 Å². The molecule has 4 atom stereocenters. The first-order chi connectivity index (χ1) is 7.68. The lowest BCUT2D eigenvalue weighted by atomic mass is 9.94. The third-order valence-corrected chi connectivity index (χ3v) is 4.34. The minimum Gasteiger partial charge on any atom is -0.391 e. The van der Waals surface area contributed by atoms with Crippen molar-refractivity contribution in [2.45, 2.75) is 76.1 Å². The van der Waals surface area contributed by atoms with Crippen LogP contribution in [0.25, 0.3) is 0 Å². The fourth-order valence-electron chi connectivity index (χ4n) is 3.37. The highest BCUT2D eigenvalue weighted by Gasteiger charge is 2.33. The fraction of sp³-hybridized carbons (Fsp3) is 1.00. The van der Waals surface area contributed by atoms with Crippen molar-refractivity contribution in [1.82, 2.24) is 4.90 Å². The molecular weight excluding hydrogens is 200 g/mol. The van der Waals surface area contributed by atoms with Gasteiger partial charge in [0.2, 0.25) is 0 Å². The summed E-state index contributed by atoms with van der Waals surface area (Å²) in [7, 11) is 0. The highest BCUT2D eigenvalue weighted by atomic mass is 16.3. The number of nitrogens with zero attached hydrogens (tertiary/aromatic N) is 1. The molecule has 3 nitrogen and oxygen atoms in total. The number of nitrogens with two attached hydrogens (primary N) is 1. The van der Waals surface area contributed by atoms with E-state index in [1.54, 1.807) is 0 Å². The minimum atomic E-state index is -0.112. The Labute approximate surface area is 99.0 Å². The first-order valence-electron chi connectivity index (χ1n) is 6.88. The monoisotopic (exact) mass is 226 g/mol. The van der Waals surface area contributed by atoms with Gasteiger partial charge in [0.25, 0.3) is 0 Å². The molecule has 0 spiro atoms. The normalized spacial score (nSPS) is 42.9. The van der Waals surface area contributed by atoms with Crippen LogP contribution >= 0.6 is 0 Å². The summed E-state index contributed by atoms with van der Waals surface area (Å²) >= 11 is 0. The van der Waals surface area contributed by atoms with Crippen LogP contribution in [-0.4, -0.2) is 40.8 Å². The summed E-state index contributed by atoms with van der Waals surface area (Å²) in [5, 5.41) is 10.2. The molecule has 0 aromatic carbocycles. The molecule has 4 unspecified atom stereocenters. The lowest BCUT2D eigenvalue weighted by Crippen LogP contribution is -2.53. The van der Waals surface area contributed by atoms with E-state index in [-0.39, 0.29) is 6.10 Å². The Morgan fingerprint density at radius 1 is 1.12 bits per heavy atom. The van der Waals surface area contributed by atoms with Gasteiger partial charge in [-0.3, -0.25) is 4.90 Å². The van der Waals surface area contributed by atoms with Crippen molar-refractivity contribution in [2.75, 3.05) is 6.54 Å². The molecule has 1 heterocycles. The Morgan fingerprint density at radius 2 is 1.88 bits per heavy atom. The highest BCUT2D eigenvalue weighted by molar-refractivity contribution is 4.89. The van der Waals surface area contributed by atoms with Crippen molar-refractivity contribution in [3.63, 3.8) is 0 Å². The minimum absolute atomic E-state index is 0.112. The lowest BCUT2D eigenvalue weighted by molar-refractivity contribution is 0.00557. The number of hydrogen-bond acceptors (Lipinski definition) is 3. The van der Waals surface area contributed by atoms with Gasteiger partial charge in [0.05, 0.1) is 6.10 Å². The van der Waals surface area contributed by atoms with Crippen LogP contribution in [0.3, 0.4) is 0 Å². The molecule has 0 aromatic heterocycles. The van der Waals surface area contributed by atoms with Crippen molar-refractivity contribution < 1.29 is 5.11 Å². The van der Waals surface area contributed by atoms with E-state index in [1.165, 1.54) is 25.7 Å². The van der Waals surface area contributed by atoms with E-state index in [0.29, 0.717) is 18.1 Å². The summed E-state index contributed by atoms with van der Waals surface area (Å²) in [6, 6.07) is 1.31. The molecule has 0 amide bonds. The van der Waals surface area contributed by atoms with Gasteiger partial charge < -0.3 is 10.8 Å². The zero-order valence-electron chi connectivity index (χ0n) is 10.4. The van der Waals surface area contributed by atoms with Crippen molar-refractivity contribution >= 4 is 0 Å². The maximum atomic E-state index is 10.2. The largest absolute Gasteiger partial charge is 0.391 e. The molecule has 16 heavy (non-hydrogen) atoms. The first kappa shape index (κ1) is 12.3. The fourth-order valence-corrected chi connectivity index (χ4v) is 3.37. The summed E-state index contributed by atoms with van der Waals surface area (Å²) < 4.78 is 0. The molecule has 94 valence electrons. The summed E-state index contributed by atoms with van der Waals surface area (Å²) in [5.41, 5.74) is 5.99. The van der Waals surface area contributed by atoms with Crippen LogP contribution in [0.15, 0.2) is 0 Å². The molecule has 1 saturated carbocycles. The molecule has 2 rings (SSSR count). The second-order valence-corrected chi connectivity index (χ2v) is 5.64. The van der Waals surface area contributed by atoms with E-state index >= 15 is 0 Å². The van der Waals surface area contributed by atoms with Crippen molar-refractivity contribution in [1.29, 1.82) is 0 Å². The van der Waals surface area contributed by atoms with Crippen LogP contribution in [0.2, 0.25) is 0 Å². The Bertz CT molecular complexity index is 222. The third-order valence-electron chi connectivity index (χ3n) is 4.34. The molecule has 0 aromatic rings. The molecule has 1 aliphatic heterocycles. The summed E-state index contributed by atoms with van der Waals surface area (Å²) in [6.07, 6.45) is 7.97. The zero-order valence-corrected chi connectivity index (χ0v) is 10.4. The van der Waals surface area contributed by atoms with E-state index in [9.17, 15) is 5.11 Å². The molecule has 3 N–H and O–H groups in total. The quantitative estimate of drug-likeness (QED) is 0.666. The van der Waals surface area contributed by atoms with Gasteiger partial charge in [-0.2, -0.15) is 0 Å². The SMILES string of the molecule is CC1CC(N)CCN1C1CCCCCC1O. The van der Waals surface area contributed by atoms with Crippen LogP contribution in [-0.2, 0) is 0 Å². The van der Waals surface area contributed by atoms with Gasteiger partial charge in [-0.15, -0.1) is 0 Å². The molecule has 1 saturated heterocycles. The first-order valence-corrected chi connectivity index (χ1v) is 6.88. The number of piperidine rings is 1. The lowest BCUT2D eigenvalue weighted by Gasteiger charge is -2.43. The molecule has 2 aliphatic rings. The van der Waals surface area contributed by atoms with Crippen LogP contribution in [0.4, 0.5) is 0 Å². The van der Waals surface area contributed by atoms with Gasteiger partial charge >= 0.3 is 0 Å². The van der Waals surface area contributed by atoms with E-state index in [4.69, 9.17) is 5.73 Å². The van der Waals surface area contributed by atoms with Crippen molar-refractivity contribution in [2.24, 2.45) is 5.73 Å². The molecular formula is C13H26N2O. The van der Waals surface area contributed by atoms with Crippen LogP contribution in [0.1, 0.15) is 51.9 Å². The van der Waals surface area contributed by atoms with Gasteiger partial charge in [0, 0.05) is 24.7 Å². The van der Waals surface area contributed by atoms with E-state index in [0.717, 1.165) is 25.8 Å². The second-order valence-electron chi connectivity index (χ2n) is 5.64. The third kappa shape index (κ3) is 2.76. The second kappa shape index (κ2) is 5.48. The Kier molecular flexibility index (Phi) is 4.22. The van der Waals surface area contributed by atoms with E-state index in [2.05, 4.69) is 11.8 Å². The number of aliphatic hydroxyl groups is 1. The molecule has 3 heteroatoms. The summed E-state index contributed by atoms with van der Waals surface area (Å²) in [6.45, 7) is 3.33. The molecule has 1 aliphatic carbocycles. The zero-order chi connectivity index (χ0) is 11.5. The van der Waals surface area contributed by atoms with Gasteiger partial charge in [-0.25, -0.2) is 0 Å². The van der Waals surface area contributed by atoms with E-state index in [1.807, 2.05) is 0 Å². The number of aliphatic hydroxyl groups excluding tert-OH is 1. The molecule has 2 fully saturated rings. The average Bonchev–Trinajstić information content (AvgIpc) is 2.44. The van der Waals surface area contributed by atoms with E-state index < -0.39 is 0 Å². The van der Waals surface area contributed by atoms with Crippen LogP contribution in [0, 0.1) is 0 Å². The smallest absolute Gasteiger partial charge is 0.0695 e. The molecule has 0 bridgehead atoms. The van der Waals surface area contributed by atoms with Gasteiger partial charge in [-0.05, 0) is 32.6 Å². The Morgan fingerprint density at radius 3 is 2.62 bits per heavy atom. The summed E-state index contributed by atoms with van der Waals surface area (Å²) in [4.78, 5) is 2.51. The van der Waals surface area contributed by atoms with Crippen molar-refractivity contribution in [3.8, 4) is 0 Å². The molecule has 0 radical (unpaired) electrons. The number of hydrogen-bond donors (Lipinski definition) is 2. The number of likely N-dealkylation sites (tertiary alicyclic amines) is 1. The standard InChI is InChI=1S/C13H26N2O/c1-10-9-11(14)7-8-15(10)12-5-3-2-4-6-13(12)16/h10-13,16H,2-9,14H2,1H3. The van der Waals surface area contributed by atoms with Crippen LogP contribution in [0.5, 0.6) is 0 Å². The average molecular weight is 226 g/mol.